The average molecular weight is 973 g/mol. The molecular weight excluding hydrogens is 913 g/mol. The van der Waals surface area contributed by atoms with Crippen molar-refractivity contribution in [3.05, 3.63) is 91.0 Å². The summed E-state index contributed by atoms with van der Waals surface area (Å²) >= 11 is 12.5. The summed E-state index contributed by atoms with van der Waals surface area (Å²) in [4.78, 5) is 25.7. The number of ether oxygens (including phenoxy) is 8. The van der Waals surface area contributed by atoms with Crippen LogP contribution in [0.1, 0.15) is 183 Å². The van der Waals surface area contributed by atoms with Crippen molar-refractivity contribution in [1.29, 1.82) is 0 Å². The second-order valence-electron chi connectivity index (χ2n) is 17.6. The standard InChI is InChI=1S/C52H60O10S4/c1-7-11-29-33-15-34-30(12-8-2)39-18-40-32(14-10-4)36-16-35-31(13-9-3)38-17-37(29)49-43(21-65-27(5)53)50(38)60-25-57-47(35)42(20-64)48(36)58-26-62-52(40)44(22-66-28(6)54)51(39)61-24-56-46(34)41(19-63)45(33)55-23-59-49/h15-18,29-32,63-64H,7-14,19-26H2,1-6H3. The highest BCUT2D eigenvalue weighted by Crippen LogP contribution is 2.59. The number of carbonyl (C=O) groups excluding carboxylic acids is 2. The SMILES string of the molecule is CCCC1c2cc3c4c(CS)c2OCOc2c1cc1c(c2CSC(C)=O)OCOc2c(cc5c(c2CS)OCOc2c(cc(c(c2CSC(C)=O)OCO4)C3CCC)C5CCC)C1CCC. The van der Waals surface area contributed by atoms with Gasteiger partial charge in [-0.05, 0) is 49.9 Å². The third-order valence-corrected chi connectivity index (χ3v) is 15.9. The average Bonchev–Trinajstić information content (AvgIpc) is 3.28. The van der Waals surface area contributed by atoms with Gasteiger partial charge in [-0.1, -0.05) is 76.9 Å². The van der Waals surface area contributed by atoms with Crippen LogP contribution < -0.4 is 37.9 Å². The monoisotopic (exact) mass is 972 g/mol. The van der Waals surface area contributed by atoms with Crippen molar-refractivity contribution in [1.82, 2.24) is 0 Å². The van der Waals surface area contributed by atoms with E-state index in [0.29, 0.717) is 69.0 Å². The lowest BCUT2D eigenvalue weighted by molar-refractivity contribution is -0.109. The van der Waals surface area contributed by atoms with Gasteiger partial charge in [0.1, 0.15) is 46.0 Å². The summed E-state index contributed by atoms with van der Waals surface area (Å²) in [5.74, 6) is 6.24. The Morgan fingerprint density at radius 1 is 0.424 bits per heavy atom. The fourth-order valence-electron chi connectivity index (χ4n) is 11.0. The van der Waals surface area contributed by atoms with Gasteiger partial charge in [-0.3, -0.25) is 9.59 Å². The van der Waals surface area contributed by atoms with Gasteiger partial charge in [-0.2, -0.15) is 25.3 Å². The van der Waals surface area contributed by atoms with Gasteiger partial charge in [0, 0.05) is 127 Å². The van der Waals surface area contributed by atoms with Crippen LogP contribution in [0.15, 0.2) is 24.3 Å². The number of thioether (sulfide) groups is 2. The molecule has 0 radical (unpaired) electrons. The molecular formula is C52H60O10S4. The minimum Gasteiger partial charge on any atom is -0.457 e. The van der Waals surface area contributed by atoms with Crippen LogP contribution >= 0.6 is 48.8 Å². The van der Waals surface area contributed by atoms with E-state index in [9.17, 15) is 9.59 Å². The summed E-state index contributed by atoms with van der Waals surface area (Å²) in [6, 6.07) is 9.32. The molecule has 8 bridgehead atoms. The predicted octanol–water partition coefficient (Wildman–Crippen LogP) is 13.1. The van der Waals surface area contributed by atoms with Gasteiger partial charge in [0.05, 0.1) is 0 Å². The van der Waals surface area contributed by atoms with Gasteiger partial charge in [-0.25, -0.2) is 0 Å². The van der Waals surface area contributed by atoms with Crippen LogP contribution in [0.4, 0.5) is 0 Å². The van der Waals surface area contributed by atoms with Crippen LogP contribution in [0.5, 0.6) is 46.0 Å². The van der Waals surface area contributed by atoms with Crippen molar-refractivity contribution in [2.24, 2.45) is 0 Å². The number of hydrogen-bond acceptors (Lipinski definition) is 14. The molecule has 0 saturated heterocycles. The molecule has 14 heteroatoms. The zero-order chi connectivity index (χ0) is 46.2. The molecule has 1 aliphatic carbocycles. The molecule has 4 aromatic carbocycles. The second-order valence-corrected chi connectivity index (χ2v) is 20.6. The Morgan fingerprint density at radius 3 is 0.818 bits per heavy atom. The molecule has 0 aromatic heterocycles. The molecule has 0 spiro atoms. The van der Waals surface area contributed by atoms with E-state index in [0.717, 1.165) is 118 Å². The van der Waals surface area contributed by atoms with Crippen LogP contribution in [-0.4, -0.2) is 37.4 Å². The van der Waals surface area contributed by atoms with E-state index in [1.54, 1.807) is 13.8 Å². The Labute approximate surface area is 408 Å². The van der Waals surface area contributed by atoms with Gasteiger partial charge in [0.25, 0.3) is 0 Å². The van der Waals surface area contributed by atoms with Crippen molar-refractivity contribution in [2.45, 2.75) is 140 Å². The first-order chi connectivity index (χ1) is 32.2. The third-order valence-electron chi connectivity index (χ3n) is 13.6. The van der Waals surface area contributed by atoms with Crippen molar-refractivity contribution < 1.29 is 47.5 Å². The zero-order valence-electron chi connectivity index (χ0n) is 38.7. The Morgan fingerprint density at radius 2 is 0.636 bits per heavy atom. The summed E-state index contributed by atoms with van der Waals surface area (Å²) in [6.45, 7) is 11.7. The van der Waals surface area contributed by atoms with E-state index < -0.39 is 0 Å². The molecule has 352 valence electrons. The molecule has 4 atom stereocenters. The van der Waals surface area contributed by atoms with E-state index in [-0.39, 0.29) is 61.1 Å². The Hall–Kier alpha value is -3.98. The molecule has 10 nitrogen and oxygen atoms in total. The summed E-state index contributed by atoms with van der Waals surface area (Å²) in [5, 5.41) is 0.00343. The number of carbonyl (C=O) groups is 2. The lowest BCUT2D eigenvalue weighted by atomic mass is 9.74. The molecule has 66 heavy (non-hydrogen) atoms. The maximum Gasteiger partial charge on any atom is 0.230 e. The smallest absolute Gasteiger partial charge is 0.230 e. The van der Waals surface area contributed by atoms with E-state index in [1.807, 2.05) is 0 Å². The Kier molecular flexibility index (Phi) is 14.5. The number of thiol groups is 2. The lowest BCUT2D eigenvalue weighted by Crippen LogP contribution is -2.25. The largest absolute Gasteiger partial charge is 0.457 e. The van der Waals surface area contributed by atoms with Gasteiger partial charge in [0.15, 0.2) is 10.2 Å². The third kappa shape index (κ3) is 8.37. The van der Waals surface area contributed by atoms with E-state index in [4.69, 9.17) is 63.2 Å². The van der Waals surface area contributed by atoms with Crippen LogP contribution in [0.2, 0.25) is 0 Å². The first kappa shape index (κ1) is 47.1. The highest BCUT2D eigenvalue weighted by atomic mass is 32.2. The highest BCUT2D eigenvalue weighted by Gasteiger charge is 2.41. The summed E-state index contributed by atoms with van der Waals surface area (Å²) in [7, 11) is 0. The summed E-state index contributed by atoms with van der Waals surface area (Å²) in [5.41, 5.74) is 11.7. The quantitative estimate of drug-likeness (QED) is 0.117. The maximum absolute atomic E-state index is 12.8. The molecule has 4 heterocycles. The molecule has 9 rings (SSSR count). The fraction of sp³-hybridized carbons (Fsp3) is 0.500. The maximum atomic E-state index is 12.8. The molecule has 0 N–H and O–H groups in total. The first-order valence-electron chi connectivity index (χ1n) is 23.5. The van der Waals surface area contributed by atoms with Crippen LogP contribution in [0.3, 0.4) is 0 Å². The number of benzene rings is 4. The number of hydrogen-bond donors (Lipinski definition) is 2. The molecule has 0 saturated carbocycles. The first-order valence-corrected chi connectivity index (χ1v) is 26.7. The van der Waals surface area contributed by atoms with Gasteiger partial charge < -0.3 is 37.9 Å². The lowest BCUT2D eigenvalue weighted by Gasteiger charge is -2.37. The molecule has 0 amide bonds. The zero-order valence-corrected chi connectivity index (χ0v) is 42.1. The second kappa shape index (κ2) is 20.3. The highest BCUT2D eigenvalue weighted by molar-refractivity contribution is 8.13. The van der Waals surface area contributed by atoms with E-state index in [2.05, 4.69) is 52.0 Å². The van der Waals surface area contributed by atoms with Crippen LogP contribution in [0, 0.1) is 0 Å². The molecule has 4 unspecified atom stereocenters. The van der Waals surface area contributed by atoms with Gasteiger partial charge >= 0.3 is 0 Å². The van der Waals surface area contributed by atoms with Crippen molar-refractivity contribution in [3.63, 3.8) is 0 Å². The molecule has 4 aliphatic heterocycles. The van der Waals surface area contributed by atoms with Crippen molar-refractivity contribution in [2.75, 3.05) is 27.2 Å². The minimum atomic E-state index is -0.178. The van der Waals surface area contributed by atoms with Crippen molar-refractivity contribution in [3.8, 4) is 46.0 Å². The van der Waals surface area contributed by atoms with Gasteiger partial charge in [-0.15, -0.1) is 0 Å². The van der Waals surface area contributed by atoms with Crippen LogP contribution in [-0.2, 0) is 32.6 Å². The Bertz CT molecular complexity index is 2230. The van der Waals surface area contributed by atoms with E-state index in [1.165, 1.54) is 23.5 Å². The van der Waals surface area contributed by atoms with Crippen molar-refractivity contribution >= 4 is 59.0 Å². The van der Waals surface area contributed by atoms with E-state index >= 15 is 0 Å². The summed E-state index contributed by atoms with van der Waals surface area (Å²) < 4.78 is 54.3. The number of rotatable bonds is 14. The molecule has 0 fully saturated rings. The predicted molar refractivity (Wildman–Crippen MR) is 267 cm³/mol. The normalized spacial score (nSPS) is 19.4. The molecule has 5 aliphatic rings. The molecule has 4 aromatic rings. The van der Waals surface area contributed by atoms with Gasteiger partial charge in [0.2, 0.25) is 27.2 Å². The minimum absolute atomic E-state index is 0.00172. The van der Waals surface area contributed by atoms with Crippen LogP contribution in [0.25, 0.3) is 0 Å². The summed E-state index contributed by atoms with van der Waals surface area (Å²) in [6.07, 6.45) is 6.67. The fourth-order valence-corrected chi connectivity index (χ4v) is 12.8. The topological polar surface area (TPSA) is 108 Å². The Balaban J connectivity index is 1.50.